The van der Waals surface area contributed by atoms with Crippen molar-refractivity contribution in [1.29, 1.82) is 0 Å². The largest absolute Gasteiger partial charge is 0.303 e. The summed E-state index contributed by atoms with van der Waals surface area (Å²) in [6.45, 7) is 7.02. The first kappa shape index (κ1) is 20.9. The molecule has 0 aliphatic carbocycles. The van der Waals surface area contributed by atoms with Crippen LogP contribution in [0.1, 0.15) is 77.0 Å². The van der Waals surface area contributed by atoms with E-state index in [1.54, 1.807) is 0 Å². The van der Waals surface area contributed by atoms with Crippen molar-refractivity contribution in [1.82, 2.24) is 9.80 Å². The minimum Gasteiger partial charge on any atom is -0.303 e. The molecule has 2 bridgehead atoms. The summed E-state index contributed by atoms with van der Waals surface area (Å²) in [5.41, 5.74) is 0. The van der Waals surface area contributed by atoms with Gasteiger partial charge in [-0.2, -0.15) is 0 Å². The molecule has 0 saturated carbocycles. The van der Waals surface area contributed by atoms with Gasteiger partial charge in [0.1, 0.15) is 0 Å². The Bertz CT molecular complexity index is 423. The summed E-state index contributed by atoms with van der Waals surface area (Å²) in [6, 6.07) is 0. The minimum atomic E-state index is 1.04. The molecule has 0 amide bonds. The normalized spacial score (nSPS) is 26.8. The van der Waals surface area contributed by atoms with E-state index in [9.17, 15) is 0 Å². The Morgan fingerprint density at radius 1 is 0.308 bits per heavy atom. The van der Waals surface area contributed by atoms with Crippen LogP contribution in [0.25, 0.3) is 0 Å². The quantitative estimate of drug-likeness (QED) is 0.600. The molecule has 0 aromatic heterocycles. The molecule has 0 radical (unpaired) electrons. The molecule has 0 aromatic rings. The summed E-state index contributed by atoms with van der Waals surface area (Å²) >= 11 is 0. The first-order valence-electron chi connectivity index (χ1n) is 10.8. The Morgan fingerprint density at radius 2 is 0.500 bits per heavy atom. The van der Waals surface area contributed by atoms with Gasteiger partial charge in [0.25, 0.3) is 0 Å². The molecule has 26 heavy (non-hydrogen) atoms. The van der Waals surface area contributed by atoms with Crippen LogP contribution in [-0.2, 0) is 0 Å². The van der Waals surface area contributed by atoms with E-state index in [2.05, 4.69) is 45.3 Å². The van der Waals surface area contributed by atoms with Crippen LogP contribution in [0.15, 0.2) is 0 Å². The average molecular weight is 353 g/mol. The predicted molar refractivity (Wildman–Crippen MR) is 112 cm³/mol. The molecule has 0 unspecified atom stereocenters. The lowest BCUT2D eigenvalue weighted by Gasteiger charge is -2.21. The Morgan fingerprint density at radius 3 is 0.692 bits per heavy atom. The van der Waals surface area contributed by atoms with Crippen molar-refractivity contribution in [3.05, 3.63) is 0 Å². The number of fused-ring (bicyclic) bond motifs is 18. The first-order valence-corrected chi connectivity index (χ1v) is 10.8. The van der Waals surface area contributed by atoms with Crippen molar-refractivity contribution in [3.8, 4) is 35.5 Å². The van der Waals surface area contributed by atoms with Crippen molar-refractivity contribution >= 4 is 0 Å². The van der Waals surface area contributed by atoms with Gasteiger partial charge in [0.2, 0.25) is 0 Å². The molecule has 0 aromatic carbocycles. The lowest BCUT2D eigenvalue weighted by atomic mass is 10.2. The Labute approximate surface area is 162 Å². The fourth-order valence-corrected chi connectivity index (χ4v) is 3.55. The summed E-state index contributed by atoms with van der Waals surface area (Å²) in [5.74, 6) is 20.4. The molecule has 0 saturated heterocycles. The third-order valence-corrected chi connectivity index (χ3v) is 5.03. The fraction of sp³-hybridized carbons (Fsp3) is 0.750. The van der Waals surface area contributed by atoms with Crippen LogP contribution < -0.4 is 0 Å². The maximum Gasteiger partial charge on any atom is 0.0101 e. The summed E-state index contributed by atoms with van der Waals surface area (Å²) in [6.07, 6.45) is 13.4. The van der Waals surface area contributed by atoms with Gasteiger partial charge >= 0.3 is 0 Å². The maximum atomic E-state index is 3.40. The zero-order valence-electron chi connectivity index (χ0n) is 16.6. The molecule has 2 heteroatoms. The number of nitrogens with zero attached hydrogens (tertiary/aromatic N) is 2. The van der Waals surface area contributed by atoms with Gasteiger partial charge in [-0.05, 0) is 77.8 Å². The van der Waals surface area contributed by atoms with Gasteiger partial charge in [-0.1, -0.05) is 0 Å². The SMILES string of the molecule is C1#CCCCN2CCCC#CCCCN(CCC1)CCCC#CCCC2. The number of hydrogen-bond donors (Lipinski definition) is 0. The van der Waals surface area contributed by atoms with Gasteiger partial charge in [0.05, 0.1) is 0 Å². The molecule has 3 heterocycles. The van der Waals surface area contributed by atoms with Crippen LogP contribution >= 0.6 is 0 Å². The van der Waals surface area contributed by atoms with Gasteiger partial charge in [-0.15, -0.1) is 35.5 Å². The lowest BCUT2D eigenvalue weighted by molar-refractivity contribution is 0.266. The average Bonchev–Trinajstić information content (AvgIpc) is 2.65. The van der Waals surface area contributed by atoms with Crippen LogP contribution in [0.5, 0.6) is 0 Å². The van der Waals surface area contributed by atoms with Crippen molar-refractivity contribution in [2.45, 2.75) is 77.0 Å². The molecular weight excluding hydrogens is 316 g/mol. The van der Waals surface area contributed by atoms with E-state index in [-0.39, 0.29) is 0 Å². The van der Waals surface area contributed by atoms with Crippen LogP contribution in [0.2, 0.25) is 0 Å². The maximum absolute atomic E-state index is 3.40. The van der Waals surface area contributed by atoms with Crippen molar-refractivity contribution in [2.75, 3.05) is 39.3 Å². The third-order valence-electron chi connectivity index (χ3n) is 5.03. The van der Waals surface area contributed by atoms with E-state index < -0.39 is 0 Å². The van der Waals surface area contributed by atoms with Gasteiger partial charge in [-0.25, -0.2) is 0 Å². The van der Waals surface area contributed by atoms with E-state index >= 15 is 0 Å². The molecule has 3 rings (SSSR count). The van der Waals surface area contributed by atoms with Crippen molar-refractivity contribution in [3.63, 3.8) is 0 Å². The standard InChI is InChI=1S/C24H36N2/c1-2-8-14-20-26-23-17-11-5-3-9-15-21-25(19-13-7-1)22-16-10-4-6-12-18-24-26/h7-24H2. The van der Waals surface area contributed by atoms with Gasteiger partial charge in [0.15, 0.2) is 0 Å². The van der Waals surface area contributed by atoms with Crippen molar-refractivity contribution in [2.24, 2.45) is 0 Å². The monoisotopic (exact) mass is 352 g/mol. The molecule has 3 aliphatic heterocycles. The summed E-state index contributed by atoms with van der Waals surface area (Å²) in [5, 5.41) is 0. The molecule has 142 valence electrons. The van der Waals surface area contributed by atoms with Crippen LogP contribution in [0.4, 0.5) is 0 Å². The smallest absolute Gasteiger partial charge is 0.0101 e. The molecular formula is C24H36N2. The third kappa shape index (κ3) is 10.6. The van der Waals surface area contributed by atoms with E-state index in [0.29, 0.717) is 0 Å². The molecule has 0 spiro atoms. The van der Waals surface area contributed by atoms with Crippen LogP contribution in [-0.4, -0.2) is 49.1 Å². The lowest BCUT2D eigenvalue weighted by Crippen LogP contribution is -2.27. The second-order valence-corrected chi connectivity index (χ2v) is 7.37. The Hall–Kier alpha value is -1.40. The van der Waals surface area contributed by atoms with Gasteiger partial charge < -0.3 is 9.80 Å². The highest BCUT2D eigenvalue weighted by molar-refractivity contribution is 5.01. The van der Waals surface area contributed by atoms with E-state index in [4.69, 9.17) is 0 Å². The zero-order valence-corrected chi connectivity index (χ0v) is 16.6. The molecule has 0 fully saturated rings. The van der Waals surface area contributed by atoms with Crippen LogP contribution in [0, 0.1) is 35.5 Å². The van der Waals surface area contributed by atoms with Gasteiger partial charge in [-0.3, -0.25) is 0 Å². The van der Waals surface area contributed by atoms with E-state index in [1.165, 1.54) is 77.8 Å². The summed E-state index contributed by atoms with van der Waals surface area (Å²) < 4.78 is 0. The molecule has 0 N–H and O–H groups in total. The van der Waals surface area contributed by atoms with Crippen molar-refractivity contribution < 1.29 is 0 Å². The second kappa shape index (κ2) is 14.7. The summed E-state index contributed by atoms with van der Waals surface area (Å²) in [4.78, 5) is 5.21. The Kier molecular flexibility index (Phi) is 11.8. The van der Waals surface area contributed by atoms with E-state index in [1.807, 2.05) is 0 Å². The highest BCUT2D eigenvalue weighted by Crippen LogP contribution is 2.05. The fourth-order valence-electron chi connectivity index (χ4n) is 3.55. The predicted octanol–water partition coefficient (Wildman–Crippen LogP) is 4.31. The van der Waals surface area contributed by atoms with Gasteiger partial charge in [0, 0.05) is 38.5 Å². The van der Waals surface area contributed by atoms with E-state index in [0.717, 1.165) is 38.5 Å². The molecule has 3 aliphatic rings. The molecule has 0 atom stereocenters. The Balaban J connectivity index is 2.00. The summed E-state index contributed by atoms with van der Waals surface area (Å²) in [7, 11) is 0. The highest BCUT2D eigenvalue weighted by atomic mass is 15.1. The van der Waals surface area contributed by atoms with Crippen LogP contribution in [0.3, 0.4) is 0 Å². The number of rotatable bonds is 0. The zero-order chi connectivity index (χ0) is 18.1. The topological polar surface area (TPSA) is 6.48 Å². The number of hydrogen-bond acceptors (Lipinski definition) is 2. The highest BCUT2D eigenvalue weighted by Gasteiger charge is 2.05. The second-order valence-electron chi connectivity index (χ2n) is 7.37. The molecule has 2 nitrogen and oxygen atoms in total. The first-order chi connectivity index (χ1) is 12.9. The minimum absolute atomic E-state index is 1.04.